The lowest BCUT2D eigenvalue weighted by Crippen LogP contribution is -2.00. The van der Waals surface area contributed by atoms with Crippen LogP contribution >= 0.6 is 7.82 Å². The molecule has 206 valence electrons. The Bertz CT molecular complexity index is 2300. The average molecular weight is 581 g/mol. The van der Waals surface area contributed by atoms with E-state index >= 15 is 0 Å². The van der Waals surface area contributed by atoms with E-state index in [9.17, 15) is 9.46 Å². The number of furan rings is 2. The van der Waals surface area contributed by atoms with Crippen LogP contribution in [0.15, 0.2) is 131 Å². The summed E-state index contributed by atoms with van der Waals surface area (Å²) in [6.45, 7) is 0. The molecule has 0 spiro atoms. The maximum Gasteiger partial charge on any atom is 0.584 e. The zero-order valence-electron chi connectivity index (χ0n) is 22.5. The summed E-state index contributed by atoms with van der Waals surface area (Å²) in [7, 11) is -4.65. The maximum atomic E-state index is 13.8. The molecule has 0 atom stereocenters. The van der Waals surface area contributed by atoms with Crippen molar-refractivity contribution in [2.45, 2.75) is 0 Å². The summed E-state index contributed by atoms with van der Waals surface area (Å²) in [6, 6.07) is 35.4. The summed E-state index contributed by atoms with van der Waals surface area (Å²) in [6.07, 6.45) is 3.29. The van der Waals surface area contributed by atoms with Gasteiger partial charge in [-0.3, -0.25) is 4.89 Å². The summed E-state index contributed by atoms with van der Waals surface area (Å²) < 4.78 is 37.1. The van der Waals surface area contributed by atoms with Crippen molar-refractivity contribution in [1.82, 2.24) is 0 Å². The fourth-order valence-corrected chi connectivity index (χ4v) is 7.17. The highest BCUT2D eigenvalue weighted by molar-refractivity contribution is 7.48. The standard InChI is InChI=1S/C36H21O6P/c37-43(38)41-35-29(23-9-11-31-25(17-23)13-15-39-31)19-21-5-1-3-7-27(21)33(35)34-28-8-4-2-6-22(28)20-30(36(34)42-43)24-10-12-32-26(18-24)14-16-40-32/h1-20H,(H,37,38). The summed E-state index contributed by atoms with van der Waals surface area (Å²) >= 11 is 0. The Morgan fingerprint density at radius 3 is 1.47 bits per heavy atom. The predicted octanol–water partition coefficient (Wildman–Crippen LogP) is 10.4. The molecule has 0 saturated carbocycles. The quantitative estimate of drug-likeness (QED) is 0.205. The van der Waals surface area contributed by atoms with Crippen LogP contribution < -0.4 is 9.05 Å². The first-order chi connectivity index (χ1) is 21.0. The number of hydrogen-bond donors (Lipinski definition) is 1. The third-order valence-electron chi connectivity index (χ3n) is 8.19. The van der Waals surface area contributed by atoms with Gasteiger partial charge in [-0.05, 0) is 81.2 Å². The van der Waals surface area contributed by atoms with Gasteiger partial charge >= 0.3 is 7.82 Å². The molecule has 2 aromatic heterocycles. The summed E-state index contributed by atoms with van der Waals surface area (Å²) in [5.41, 5.74) is 5.91. The minimum atomic E-state index is -4.65. The molecule has 6 nitrogen and oxygen atoms in total. The number of phosphoric ester groups is 1. The fourth-order valence-electron chi connectivity index (χ4n) is 6.29. The van der Waals surface area contributed by atoms with E-state index in [0.29, 0.717) is 33.8 Å². The number of fused-ring (bicyclic) bond motifs is 9. The largest absolute Gasteiger partial charge is 0.584 e. The van der Waals surface area contributed by atoms with Crippen molar-refractivity contribution < 1.29 is 27.3 Å². The first-order valence-electron chi connectivity index (χ1n) is 13.8. The zero-order valence-corrected chi connectivity index (χ0v) is 23.4. The maximum absolute atomic E-state index is 13.8. The molecular formula is C36H21O6P. The van der Waals surface area contributed by atoms with Gasteiger partial charge in [0.05, 0.1) is 12.5 Å². The molecule has 3 heterocycles. The SMILES string of the molecule is O=P1(O)Oc2c(-c3ccc4occc4c3)cc3ccccc3c2-c2c(c(-c3ccc4occc4c3)cc3ccccc23)O1. The molecule has 0 aliphatic carbocycles. The average Bonchev–Trinajstić information content (AvgIpc) is 3.67. The Morgan fingerprint density at radius 2 is 0.977 bits per heavy atom. The van der Waals surface area contributed by atoms with Crippen LogP contribution in [0, 0.1) is 0 Å². The Morgan fingerprint density at radius 1 is 0.512 bits per heavy atom. The molecule has 1 aliphatic heterocycles. The van der Waals surface area contributed by atoms with Crippen LogP contribution in [0.3, 0.4) is 0 Å². The molecule has 0 unspecified atom stereocenters. The van der Waals surface area contributed by atoms with E-state index < -0.39 is 7.82 Å². The molecule has 0 saturated heterocycles. The van der Waals surface area contributed by atoms with Gasteiger partial charge in [-0.2, -0.15) is 0 Å². The molecule has 0 bridgehead atoms. The van der Waals surface area contributed by atoms with E-state index in [-0.39, 0.29) is 0 Å². The zero-order chi connectivity index (χ0) is 28.7. The normalized spacial score (nSPS) is 13.9. The van der Waals surface area contributed by atoms with Crippen molar-refractivity contribution >= 4 is 51.3 Å². The van der Waals surface area contributed by atoms with Gasteiger partial charge in [0.15, 0.2) is 0 Å². The molecule has 0 radical (unpaired) electrons. The minimum Gasteiger partial charge on any atom is -0.464 e. The van der Waals surface area contributed by atoms with E-state index in [4.69, 9.17) is 17.9 Å². The van der Waals surface area contributed by atoms with Crippen molar-refractivity contribution in [3.8, 4) is 44.9 Å². The summed E-state index contributed by atoms with van der Waals surface area (Å²) in [4.78, 5) is 11.3. The smallest absolute Gasteiger partial charge is 0.464 e. The fraction of sp³-hybridized carbons (Fsp3) is 0. The van der Waals surface area contributed by atoms with Crippen molar-refractivity contribution in [3.05, 3.63) is 122 Å². The van der Waals surface area contributed by atoms with Crippen LogP contribution in [-0.2, 0) is 4.57 Å². The van der Waals surface area contributed by atoms with E-state index in [0.717, 1.165) is 54.6 Å². The van der Waals surface area contributed by atoms with Gasteiger partial charge in [0.1, 0.15) is 22.7 Å². The van der Waals surface area contributed by atoms with Crippen LogP contribution in [0.25, 0.3) is 76.9 Å². The van der Waals surface area contributed by atoms with Gasteiger partial charge in [-0.1, -0.05) is 60.7 Å². The Kier molecular flexibility index (Phi) is 5.01. The third kappa shape index (κ3) is 3.74. The van der Waals surface area contributed by atoms with Crippen LogP contribution in [0.2, 0.25) is 0 Å². The highest BCUT2D eigenvalue weighted by Gasteiger charge is 2.37. The van der Waals surface area contributed by atoms with Gasteiger partial charge in [0, 0.05) is 33.0 Å². The molecule has 1 N–H and O–H groups in total. The molecule has 6 aromatic carbocycles. The lowest BCUT2D eigenvalue weighted by molar-refractivity contribution is 0.295. The molecule has 43 heavy (non-hydrogen) atoms. The Hall–Kier alpha value is -5.29. The van der Waals surface area contributed by atoms with Crippen molar-refractivity contribution in [3.63, 3.8) is 0 Å². The van der Waals surface area contributed by atoms with Crippen molar-refractivity contribution in [2.75, 3.05) is 0 Å². The van der Waals surface area contributed by atoms with E-state index in [2.05, 4.69) is 0 Å². The topological polar surface area (TPSA) is 82.0 Å². The van der Waals surface area contributed by atoms with Gasteiger partial charge in [-0.25, -0.2) is 4.57 Å². The van der Waals surface area contributed by atoms with E-state index in [1.54, 1.807) is 12.5 Å². The number of hydrogen-bond acceptors (Lipinski definition) is 5. The van der Waals surface area contributed by atoms with E-state index in [1.807, 2.05) is 109 Å². The van der Waals surface area contributed by atoms with Crippen LogP contribution in [0.1, 0.15) is 0 Å². The molecule has 8 aromatic rings. The lowest BCUT2D eigenvalue weighted by atomic mass is 9.86. The second-order valence-electron chi connectivity index (χ2n) is 10.7. The third-order valence-corrected chi connectivity index (χ3v) is 9.02. The number of phosphoric acid groups is 1. The van der Waals surface area contributed by atoms with Gasteiger partial charge < -0.3 is 17.9 Å². The van der Waals surface area contributed by atoms with Crippen LogP contribution in [0.4, 0.5) is 0 Å². The monoisotopic (exact) mass is 580 g/mol. The minimum absolute atomic E-state index is 0.290. The molecule has 0 amide bonds. The second-order valence-corrected chi connectivity index (χ2v) is 12.0. The van der Waals surface area contributed by atoms with Gasteiger partial charge in [0.2, 0.25) is 0 Å². The van der Waals surface area contributed by atoms with Crippen LogP contribution in [-0.4, -0.2) is 4.89 Å². The van der Waals surface area contributed by atoms with Crippen molar-refractivity contribution in [2.24, 2.45) is 0 Å². The highest BCUT2D eigenvalue weighted by Crippen LogP contribution is 2.61. The second kappa shape index (κ2) is 8.85. The molecule has 1 aliphatic rings. The number of benzene rings is 6. The highest BCUT2D eigenvalue weighted by atomic mass is 31.2. The first kappa shape index (κ1) is 24.3. The lowest BCUT2D eigenvalue weighted by Gasteiger charge is -2.18. The summed E-state index contributed by atoms with van der Waals surface area (Å²) in [5.74, 6) is 0.581. The van der Waals surface area contributed by atoms with Gasteiger partial charge in [0.25, 0.3) is 0 Å². The predicted molar refractivity (Wildman–Crippen MR) is 168 cm³/mol. The number of rotatable bonds is 2. The Labute approximate surface area is 244 Å². The van der Waals surface area contributed by atoms with Gasteiger partial charge in [-0.15, -0.1) is 0 Å². The molecule has 9 rings (SSSR count). The van der Waals surface area contributed by atoms with E-state index in [1.165, 1.54) is 0 Å². The first-order valence-corrected chi connectivity index (χ1v) is 15.3. The van der Waals surface area contributed by atoms with Crippen molar-refractivity contribution in [1.29, 1.82) is 0 Å². The molecule has 0 fully saturated rings. The van der Waals surface area contributed by atoms with Crippen LogP contribution in [0.5, 0.6) is 11.5 Å². The summed E-state index contributed by atoms with van der Waals surface area (Å²) in [5, 5.41) is 5.51. The molecular weight excluding hydrogens is 559 g/mol. The molecule has 7 heteroatoms. The Balaban J connectivity index is 1.46.